The molecule has 1 aromatic carbocycles. The van der Waals surface area contributed by atoms with Crippen molar-refractivity contribution in [2.24, 2.45) is 17.4 Å². The molecule has 0 saturated heterocycles. The fourth-order valence-corrected chi connectivity index (χ4v) is 2.95. The summed E-state index contributed by atoms with van der Waals surface area (Å²) in [5.41, 5.74) is 12.2. The van der Waals surface area contributed by atoms with Gasteiger partial charge < -0.3 is 11.5 Å². The van der Waals surface area contributed by atoms with Gasteiger partial charge >= 0.3 is 6.18 Å². The molecule has 3 rings (SSSR count). The number of halogens is 3. The lowest BCUT2D eigenvalue weighted by Crippen LogP contribution is -2.23. The van der Waals surface area contributed by atoms with E-state index in [4.69, 9.17) is 11.5 Å². The van der Waals surface area contributed by atoms with E-state index in [1.165, 1.54) is 12.1 Å². The van der Waals surface area contributed by atoms with E-state index in [2.05, 4.69) is 15.0 Å². The van der Waals surface area contributed by atoms with Crippen molar-refractivity contribution < 1.29 is 22.8 Å². The zero-order valence-electron chi connectivity index (χ0n) is 17.1. The van der Waals surface area contributed by atoms with Crippen LogP contribution in [0.15, 0.2) is 48.7 Å². The van der Waals surface area contributed by atoms with Crippen molar-refractivity contribution in [1.82, 2.24) is 15.0 Å². The molecule has 0 aliphatic carbocycles. The third-order valence-electron chi connectivity index (χ3n) is 4.78. The first kappa shape index (κ1) is 22.9. The van der Waals surface area contributed by atoms with Crippen molar-refractivity contribution in [3.05, 3.63) is 76.9 Å². The molecule has 2 heterocycles. The lowest BCUT2D eigenvalue weighted by Gasteiger charge is -2.10. The first-order valence-corrected chi connectivity index (χ1v) is 9.61. The average molecular weight is 443 g/mol. The Balaban J connectivity index is 1.82. The van der Waals surface area contributed by atoms with Crippen molar-refractivity contribution in [3.8, 4) is 11.4 Å². The molecule has 0 fully saturated rings. The number of carbonyl (C=O) groups excluding carboxylic acids is 2. The van der Waals surface area contributed by atoms with Gasteiger partial charge in [-0.1, -0.05) is 31.2 Å². The van der Waals surface area contributed by atoms with Crippen LogP contribution >= 0.6 is 0 Å². The van der Waals surface area contributed by atoms with Crippen molar-refractivity contribution >= 4 is 11.8 Å². The number of rotatable bonds is 7. The van der Waals surface area contributed by atoms with Crippen molar-refractivity contribution in [1.29, 1.82) is 0 Å². The first-order chi connectivity index (χ1) is 15.0. The van der Waals surface area contributed by atoms with Crippen LogP contribution in [0.1, 0.15) is 39.9 Å². The molecule has 10 heteroatoms. The van der Waals surface area contributed by atoms with Crippen LogP contribution in [0.2, 0.25) is 0 Å². The Morgan fingerprint density at radius 3 is 2.22 bits per heavy atom. The van der Waals surface area contributed by atoms with Gasteiger partial charge in [-0.15, -0.1) is 0 Å². The Morgan fingerprint density at radius 1 is 1.00 bits per heavy atom. The minimum Gasteiger partial charge on any atom is -0.369 e. The maximum atomic E-state index is 12.7. The molecule has 1 atom stereocenters. The summed E-state index contributed by atoms with van der Waals surface area (Å²) >= 11 is 0. The van der Waals surface area contributed by atoms with E-state index in [-0.39, 0.29) is 17.9 Å². The molecule has 0 saturated carbocycles. The summed E-state index contributed by atoms with van der Waals surface area (Å²) in [6.07, 6.45) is -3.06. The molecule has 0 spiro atoms. The molecule has 166 valence electrons. The highest BCUT2D eigenvalue weighted by molar-refractivity contribution is 5.91. The molecule has 32 heavy (non-hydrogen) atoms. The zero-order chi connectivity index (χ0) is 23.5. The number of benzene rings is 1. The molecule has 0 unspecified atom stereocenters. The molecule has 2 amide bonds. The number of nitrogens with two attached hydrogens (primary N) is 2. The van der Waals surface area contributed by atoms with Crippen molar-refractivity contribution in [3.63, 3.8) is 0 Å². The molecule has 0 aliphatic heterocycles. The third-order valence-corrected chi connectivity index (χ3v) is 4.78. The van der Waals surface area contributed by atoms with E-state index >= 15 is 0 Å². The quantitative estimate of drug-likeness (QED) is 0.581. The molecule has 7 nitrogen and oxygen atoms in total. The average Bonchev–Trinajstić information content (AvgIpc) is 2.73. The number of hydrogen-bond donors (Lipinski definition) is 2. The third kappa shape index (κ3) is 5.65. The molecular weight excluding hydrogens is 423 g/mol. The second kappa shape index (κ2) is 9.13. The summed E-state index contributed by atoms with van der Waals surface area (Å²) in [6.45, 7) is 1.65. The van der Waals surface area contributed by atoms with E-state index in [9.17, 15) is 22.8 Å². The molecule has 4 N–H and O–H groups in total. The van der Waals surface area contributed by atoms with E-state index in [1.807, 2.05) is 0 Å². The molecule has 3 aromatic rings. The van der Waals surface area contributed by atoms with Crippen LogP contribution < -0.4 is 11.5 Å². The number of primary amides is 2. The van der Waals surface area contributed by atoms with Gasteiger partial charge in [-0.05, 0) is 23.8 Å². The van der Waals surface area contributed by atoms with E-state index in [0.29, 0.717) is 23.4 Å². The molecule has 0 aliphatic rings. The topological polar surface area (TPSA) is 125 Å². The number of nitrogens with zero attached hydrogens (tertiary/aromatic N) is 3. The predicted molar refractivity (Wildman–Crippen MR) is 110 cm³/mol. The van der Waals surface area contributed by atoms with Crippen molar-refractivity contribution in [2.45, 2.75) is 25.9 Å². The number of amides is 2. The van der Waals surface area contributed by atoms with Gasteiger partial charge in [0.25, 0.3) is 5.91 Å². The number of alkyl halides is 3. The van der Waals surface area contributed by atoms with Crippen LogP contribution in [0.4, 0.5) is 13.2 Å². The van der Waals surface area contributed by atoms with Crippen LogP contribution in [0.3, 0.4) is 0 Å². The summed E-state index contributed by atoms with van der Waals surface area (Å²) in [7, 11) is 0. The van der Waals surface area contributed by atoms with Crippen LogP contribution in [0.5, 0.6) is 0 Å². The monoisotopic (exact) mass is 443 g/mol. The highest BCUT2D eigenvalue weighted by Crippen LogP contribution is 2.28. The molecule has 0 bridgehead atoms. The second-order valence-electron chi connectivity index (χ2n) is 7.35. The lowest BCUT2D eigenvalue weighted by atomic mass is 10.0. The largest absolute Gasteiger partial charge is 0.417 e. The first-order valence-electron chi connectivity index (χ1n) is 9.61. The Morgan fingerprint density at radius 2 is 1.69 bits per heavy atom. The van der Waals surface area contributed by atoms with Gasteiger partial charge in [0.05, 0.1) is 5.56 Å². The highest BCUT2D eigenvalue weighted by Gasteiger charge is 2.30. The Labute approximate surface area is 181 Å². The zero-order valence-corrected chi connectivity index (χ0v) is 17.1. The van der Waals surface area contributed by atoms with E-state index < -0.39 is 29.5 Å². The summed E-state index contributed by atoms with van der Waals surface area (Å²) in [6, 6.07) is 10.7. The van der Waals surface area contributed by atoms with Gasteiger partial charge in [0.1, 0.15) is 5.69 Å². The summed E-state index contributed by atoms with van der Waals surface area (Å²) in [5, 5.41) is 0. The number of carbonyl (C=O) groups is 2. The van der Waals surface area contributed by atoms with Gasteiger partial charge in [0.2, 0.25) is 5.91 Å². The fraction of sp³-hybridized carbons (Fsp3) is 0.227. The summed E-state index contributed by atoms with van der Waals surface area (Å²) < 4.78 is 38.0. The van der Waals surface area contributed by atoms with Gasteiger partial charge in [-0.25, -0.2) is 9.97 Å². The molecular formula is C22H20F3N5O2. The fourth-order valence-electron chi connectivity index (χ4n) is 2.95. The minimum atomic E-state index is -4.43. The minimum absolute atomic E-state index is 0.0136. The van der Waals surface area contributed by atoms with Gasteiger partial charge in [-0.2, -0.15) is 13.2 Å². The lowest BCUT2D eigenvalue weighted by molar-refractivity contribution is -0.137. The Bertz CT molecular complexity index is 1130. The standard InChI is InChI=1S/C22H20F3N5O2/c1-12(19(26)31)8-17-10-18(20(27)32)30-21(29-17)14-4-2-13(3-5-14)9-16-7-6-15(11-28-16)22(23,24)25/h2-7,10-12H,8-9H2,1H3,(H2,26,31)(H2,27,32)/t12-/m1/s1. The predicted octanol–water partition coefficient (Wildman–Crippen LogP) is 2.91. The van der Waals surface area contributed by atoms with Crippen LogP contribution in [-0.4, -0.2) is 26.8 Å². The SMILES string of the molecule is C[C@H](Cc1cc(C(N)=O)nc(-c2ccc(Cc3ccc(C(F)(F)F)cn3)cc2)n1)C(N)=O. The Hall–Kier alpha value is -3.82. The number of pyridine rings is 1. The van der Waals surface area contributed by atoms with E-state index in [1.54, 1.807) is 31.2 Å². The highest BCUT2D eigenvalue weighted by atomic mass is 19.4. The van der Waals surface area contributed by atoms with Gasteiger partial charge in [0, 0.05) is 41.9 Å². The maximum absolute atomic E-state index is 12.7. The maximum Gasteiger partial charge on any atom is 0.417 e. The summed E-state index contributed by atoms with van der Waals surface area (Å²) in [4.78, 5) is 35.5. The molecule has 2 aromatic heterocycles. The Kier molecular flexibility index (Phi) is 6.52. The van der Waals surface area contributed by atoms with E-state index in [0.717, 1.165) is 17.8 Å². The smallest absolute Gasteiger partial charge is 0.369 e. The van der Waals surface area contributed by atoms with Crippen LogP contribution in [0.25, 0.3) is 11.4 Å². The van der Waals surface area contributed by atoms with Crippen molar-refractivity contribution in [2.75, 3.05) is 0 Å². The van der Waals surface area contributed by atoms with Gasteiger partial charge in [-0.3, -0.25) is 14.6 Å². The normalized spacial score (nSPS) is 12.4. The summed E-state index contributed by atoms with van der Waals surface area (Å²) in [5.74, 6) is -1.46. The van der Waals surface area contributed by atoms with Crippen LogP contribution in [-0.2, 0) is 23.8 Å². The second-order valence-corrected chi connectivity index (χ2v) is 7.35. The number of aromatic nitrogens is 3. The van der Waals surface area contributed by atoms with Crippen LogP contribution in [0, 0.1) is 5.92 Å². The molecule has 0 radical (unpaired) electrons. The van der Waals surface area contributed by atoms with Gasteiger partial charge in [0.15, 0.2) is 5.82 Å². The number of hydrogen-bond acceptors (Lipinski definition) is 5.